The third-order valence-electron chi connectivity index (χ3n) is 3.73. The first-order valence-corrected chi connectivity index (χ1v) is 7.55. The Balaban J connectivity index is 1.92. The van der Waals surface area contributed by atoms with E-state index in [1.54, 1.807) is 6.92 Å². The minimum absolute atomic E-state index is 0.134. The first kappa shape index (κ1) is 13.5. The highest BCUT2D eigenvalue weighted by Gasteiger charge is 2.25. The average Bonchev–Trinajstić information content (AvgIpc) is 2.77. The van der Waals surface area contributed by atoms with E-state index in [9.17, 15) is 4.79 Å². The molecule has 1 amide bonds. The number of hydrogen-bond donors (Lipinski definition) is 1. The number of nitrogens with zero attached hydrogens (tertiary/aromatic N) is 5. The van der Waals surface area contributed by atoms with Gasteiger partial charge in [0.1, 0.15) is 15.8 Å². The van der Waals surface area contributed by atoms with Crippen molar-refractivity contribution < 1.29 is 4.79 Å². The third-order valence-corrected chi connectivity index (χ3v) is 4.49. The predicted octanol–water partition coefficient (Wildman–Crippen LogP) is 1.20. The molecular formula is C12H15IN6O. The lowest BCUT2D eigenvalue weighted by Gasteiger charge is -2.31. The zero-order valence-electron chi connectivity index (χ0n) is 11.1. The molecule has 0 atom stereocenters. The Morgan fingerprint density at radius 3 is 2.75 bits per heavy atom. The van der Waals surface area contributed by atoms with Crippen LogP contribution >= 0.6 is 22.6 Å². The van der Waals surface area contributed by atoms with Gasteiger partial charge in [0.15, 0.2) is 5.65 Å². The molecule has 106 valence electrons. The van der Waals surface area contributed by atoms with Crippen molar-refractivity contribution in [2.24, 2.45) is 0 Å². The second-order valence-corrected chi connectivity index (χ2v) is 5.95. The summed E-state index contributed by atoms with van der Waals surface area (Å²) in [4.78, 5) is 21.6. The van der Waals surface area contributed by atoms with Crippen LogP contribution in [-0.4, -0.2) is 43.6 Å². The number of carbonyl (C=O) groups is 1. The Bertz CT molecular complexity index is 661. The molecule has 0 aliphatic carbocycles. The summed E-state index contributed by atoms with van der Waals surface area (Å²) < 4.78 is 2.76. The van der Waals surface area contributed by atoms with E-state index in [0.717, 1.165) is 40.7 Å². The Morgan fingerprint density at radius 1 is 1.40 bits per heavy atom. The minimum atomic E-state index is 0.134. The van der Waals surface area contributed by atoms with E-state index < -0.39 is 0 Å². The Kier molecular flexibility index (Phi) is 3.48. The Hall–Kier alpha value is -1.45. The number of rotatable bonds is 1. The van der Waals surface area contributed by atoms with Crippen molar-refractivity contribution in [3.63, 3.8) is 0 Å². The molecule has 0 unspecified atom stereocenters. The molecule has 0 aromatic carbocycles. The van der Waals surface area contributed by atoms with Gasteiger partial charge in [0.25, 0.3) is 0 Å². The normalized spacial score (nSPS) is 16.8. The fraction of sp³-hybridized carbons (Fsp3) is 0.500. The van der Waals surface area contributed by atoms with E-state index in [1.165, 1.54) is 6.33 Å². The van der Waals surface area contributed by atoms with E-state index in [2.05, 4.69) is 37.7 Å². The van der Waals surface area contributed by atoms with Crippen molar-refractivity contribution in [1.29, 1.82) is 0 Å². The molecule has 2 N–H and O–H groups in total. The lowest BCUT2D eigenvalue weighted by Crippen LogP contribution is -2.37. The number of amides is 1. The number of aromatic nitrogens is 4. The standard InChI is InChI=1S/C12H15IN6O/c1-7(20)18-4-2-8(3-5-18)19-12-9(10(13)17-19)11(14)15-6-16-12/h6,8H,2-5H2,1H3,(H2,14,15,16). The van der Waals surface area contributed by atoms with Gasteiger partial charge in [-0.3, -0.25) is 4.79 Å². The van der Waals surface area contributed by atoms with E-state index in [4.69, 9.17) is 5.73 Å². The molecule has 0 saturated carbocycles. The molecule has 1 saturated heterocycles. The zero-order valence-corrected chi connectivity index (χ0v) is 13.2. The molecule has 1 aliphatic rings. The summed E-state index contributed by atoms with van der Waals surface area (Å²) in [6, 6.07) is 0.255. The van der Waals surface area contributed by atoms with Gasteiger partial charge in [-0.2, -0.15) is 5.10 Å². The van der Waals surface area contributed by atoms with Crippen LogP contribution in [0.2, 0.25) is 0 Å². The van der Waals surface area contributed by atoms with Crippen LogP contribution in [0, 0.1) is 3.70 Å². The van der Waals surface area contributed by atoms with Gasteiger partial charge < -0.3 is 10.6 Å². The Morgan fingerprint density at radius 2 is 2.10 bits per heavy atom. The molecule has 1 aliphatic heterocycles. The van der Waals surface area contributed by atoms with Gasteiger partial charge in [-0.15, -0.1) is 0 Å². The summed E-state index contributed by atoms with van der Waals surface area (Å²) in [6.07, 6.45) is 3.24. The monoisotopic (exact) mass is 386 g/mol. The van der Waals surface area contributed by atoms with Crippen molar-refractivity contribution in [3.05, 3.63) is 10.0 Å². The maximum Gasteiger partial charge on any atom is 0.219 e. The number of anilines is 1. The van der Waals surface area contributed by atoms with Crippen LogP contribution in [-0.2, 0) is 4.79 Å². The van der Waals surface area contributed by atoms with Gasteiger partial charge in [-0.1, -0.05) is 0 Å². The highest BCUT2D eigenvalue weighted by Crippen LogP contribution is 2.29. The average molecular weight is 386 g/mol. The lowest BCUT2D eigenvalue weighted by molar-refractivity contribution is -0.130. The van der Waals surface area contributed by atoms with Gasteiger partial charge in [0, 0.05) is 20.0 Å². The van der Waals surface area contributed by atoms with Crippen LogP contribution in [0.3, 0.4) is 0 Å². The van der Waals surface area contributed by atoms with Crippen LogP contribution in [0.4, 0.5) is 5.82 Å². The highest BCUT2D eigenvalue weighted by atomic mass is 127. The number of carbonyl (C=O) groups excluding carboxylic acids is 1. The van der Waals surface area contributed by atoms with Gasteiger partial charge in [-0.05, 0) is 35.4 Å². The van der Waals surface area contributed by atoms with Crippen molar-refractivity contribution in [3.8, 4) is 0 Å². The molecule has 1 fully saturated rings. The summed E-state index contributed by atoms with van der Waals surface area (Å²) in [5.74, 6) is 0.599. The van der Waals surface area contributed by atoms with Crippen molar-refractivity contribution in [2.75, 3.05) is 18.8 Å². The summed E-state index contributed by atoms with van der Waals surface area (Å²) in [7, 11) is 0. The third kappa shape index (κ3) is 2.21. The van der Waals surface area contributed by atoms with Crippen LogP contribution in [0.1, 0.15) is 25.8 Å². The van der Waals surface area contributed by atoms with Crippen molar-refractivity contribution >= 4 is 45.3 Å². The van der Waals surface area contributed by atoms with Crippen LogP contribution in [0.5, 0.6) is 0 Å². The topological polar surface area (TPSA) is 89.9 Å². The smallest absolute Gasteiger partial charge is 0.219 e. The molecular weight excluding hydrogens is 371 g/mol. The molecule has 20 heavy (non-hydrogen) atoms. The van der Waals surface area contributed by atoms with Gasteiger partial charge >= 0.3 is 0 Å². The molecule has 2 aromatic rings. The molecule has 7 nitrogen and oxygen atoms in total. The number of nitrogens with two attached hydrogens (primary N) is 1. The van der Waals surface area contributed by atoms with Crippen LogP contribution in [0.25, 0.3) is 11.0 Å². The van der Waals surface area contributed by atoms with Crippen LogP contribution in [0.15, 0.2) is 6.33 Å². The number of hydrogen-bond acceptors (Lipinski definition) is 5. The lowest BCUT2D eigenvalue weighted by atomic mass is 10.1. The molecule has 0 bridgehead atoms. The summed E-state index contributed by atoms with van der Waals surface area (Å²) in [5.41, 5.74) is 6.68. The summed E-state index contributed by atoms with van der Waals surface area (Å²) in [6.45, 7) is 3.14. The van der Waals surface area contributed by atoms with E-state index >= 15 is 0 Å². The quantitative estimate of drug-likeness (QED) is 0.744. The predicted molar refractivity (Wildman–Crippen MR) is 83.0 cm³/mol. The SMILES string of the molecule is CC(=O)N1CCC(n2nc(I)c3c(N)ncnc32)CC1. The van der Waals surface area contributed by atoms with Gasteiger partial charge in [0.05, 0.1) is 11.4 Å². The second kappa shape index (κ2) is 5.15. The molecule has 0 radical (unpaired) electrons. The number of likely N-dealkylation sites (tertiary alicyclic amines) is 1. The van der Waals surface area contributed by atoms with Crippen molar-refractivity contribution in [1.82, 2.24) is 24.6 Å². The van der Waals surface area contributed by atoms with E-state index in [0.29, 0.717) is 5.82 Å². The summed E-state index contributed by atoms with van der Waals surface area (Å²) in [5, 5.41) is 5.38. The van der Waals surface area contributed by atoms with Gasteiger partial charge in [-0.25, -0.2) is 14.6 Å². The number of nitrogen functional groups attached to an aromatic ring is 1. The fourth-order valence-corrected chi connectivity index (χ4v) is 3.38. The number of fused-ring (bicyclic) bond motifs is 1. The number of halogens is 1. The first-order chi connectivity index (χ1) is 9.58. The molecule has 2 aromatic heterocycles. The molecule has 3 heterocycles. The maximum absolute atomic E-state index is 11.4. The Labute approximate surface area is 129 Å². The molecule has 3 rings (SSSR count). The molecule has 8 heteroatoms. The maximum atomic E-state index is 11.4. The van der Waals surface area contributed by atoms with Crippen LogP contribution < -0.4 is 5.73 Å². The highest BCUT2D eigenvalue weighted by molar-refractivity contribution is 14.1. The first-order valence-electron chi connectivity index (χ1n) is 6.47. The fourth-order valence-electron chi connectivity index (χ4n) is 2.63. The van der Waals surface area contributed by atoms with E-state index in [1.807, 2.05) is 9.58 Å². The largest absolute Gasteiger partial charge is 0.383 e. The zero-order chi connectivity index (χ0) is 14.3. The van der Waals surface area contributed by atoms with Gasteiger partial charge in [0.2, 0.25) is 5.91 Å². The number of piperidine rings is 1. The van der Waals surface area contributed by atoms with Crippen molar-refractivity contribution in [2.45, 2.75) is 25.8 Å². The second-order valence-electron chi connectivity index (χ2n) is 4.93. The molecule has 0 spiro atoms. The summed E-state index contributed by atoms with van der Waals surface area (Å²) >= 11 is 2.16. The minimum Gasteiger partial charge on any atom is -0.383 e. The van der Waals surface area contributed by atoms with E-state index in [-0.39, 0.29) is 11.9 Å².